The van der Waals surface area contributed by atoms with E-state index >= 15 is 0 Å². The SMILES string of the molecule is CCCN(CC(=O)OCC)c1c(F)cc(C(N)=S)cc1F. The van der Waals surface area contributed by atoms with Crippen LogP contribution in [-0.4, -0.2) is 30.7 Å². The van der Waals surface area contributed by atoms with E-state index in [4.69, 9.17) is 22.7 Å². The van der Waals surface area contributed by atoms with E-state index in [0.717, 1.165) is 12.1 Å². The van der Waals surface area contributed by atoms with Gasteiger partial charge in [0.2, 0.25) is 0 Å². The summed E-state index contributed by atoms with van der Waals surface area (Å²) < 4.78 is 33.1. The number of nitrogens with zero attached hydrogens (tertiary/aromatic N) is 1. The number of esters is 1. The first kappa shape index (κ1) is 17.3. The summed E-state index contributed by atoms with van der Waals surface area (Å²) in [5, 5.41) is 0. The van der Waals surface area contributed by atoms with Crippen molar-refractivity contribution >= 4 is 28.9 Å². The lowest BCUT2D eigenvalue weighted by atomic mass is 10.1. The number of rotatable bonds is 7. The molecule has 0 fully saturated rings. The summed E-state index contributed by atoms with van der Waals surface area (Å²) in [5.74, 6) is -2.16. The molecule has 0 bridgehead atoms. The molecular weight excluding hydrogens is 298 g/mol. The Kier molecular flexibility index (Phi) is 6.48. The fraction of sp³-hybridized carbons (Fsp3) is 0.429. The molecule has 0 saturated carbocycles. The van der Waals surface area contributed by atoms with Crippen molar-refractivity contribution in [2.24, 2.45) is 5.73 Å². The fourth-order valence-corrected chi connectivity index (χ4v) is 2.03. The predicted octanol–water partition coefficient (Wildman–Crippen LogP) is 2.38. The van der Waals surface area contributed by atoms with Gasteiger partial charge in [0.15, 0.2) is 0 Å². The Balaban J connectivity index is 3.13. The van der Waals surface area contributed by atoms with Crippen molar-refractivity contribution in [1.29, 1.82) is 0 Å². The predicted molar refractivity (Wildman–Crippen MR) is 81.4 cm³/mol. The number of hydrogen-bond donors (Lipinski definition) is 1. The molecule has 0 aliphatic carbocycles. The van der Waals surface area contributed by atoms with Crippen LogP contribution in [0.3, 0.4) is 0 Å². The van der Waals surface area contributed by atoms with Crippen LogP contribution >= 0.6 is 12.2 Å². The van der Waals surface area contributed by atoms with Crippen LogP contribution in [0, 0.1) is 11.6 Å². The van der Waals surface area contributed by atoms with Gasteiger partial charge in [-0.1, -0.05) is 19.1 Å². The molecule has 0 saturated heterocycles. The molecule has 2 N–H and O–H groups in total. The minimum absolute atomic E-state index is 0.0909. The van der Waals surface area contributed by atoms with E-state index < -0.39 is 17.6 Å². The molecule has 7 heteroatoms. The first-order valence-electron chi connectivity index (χ1n) is 6.60. The molecule has 1 aromatic rings. The molecule has 0 spiro atoms. The molecule has 0 atom stereocenters. The van der Waals surface area contributed by atoms with Crippen LogP contribution in [0.15, 0.2) is 12.1 Å². The normalized spacial score (nSPS) is 10.3. The van der Waals surface area contributed by atoms with E-state index in [0.29, 0.717) is 13.0 Å². The molecule has 4 nitrogen and oxygen atoms in total. The summed E-state index contributed by atoms with van der Waals surface area (Å²) in [6, 6.07) is 2.13. The number of nitrogens with two attached hydrogens (primary N) is 1. The highest BCUT2D eigenvalue weighted by atomic mass is 32.1. The van der Waals surface area contributed by atoms with Gasteiger partial charge in [-0.3, -0.25) is 4.79 Å². The number of anilines is 1. The van der Waals surface area contributed by atoms with E-state index in [9.17, 15) is 13.6 Å². The van der Waals surface area contributed by atoms with Gasteiger partial charge in [-0.05, 0) is 25.5 Å². The molecule has 1 aromatic carbocycles. The van der Waals surface area contributed by atoms with E-state index in [1.807, 2.05) is 6.92 Å². The number of carbonyl (C=O) groups excluding carboxylic acids is 1. The quantitative estimate of drug-likeness (QED) is 0.618. The summed E-state index contributed by atoms with van der Waals surface area (Å²) in [5.41, 5.74) is 5.20. The van der Waals surface area contributed by atoms with Crippen LogP contribution in [0.25, 0.3) is 0 Å². The number of hydrogen-bond acceptors (Lipinski definition) is 4. The zero-order valence-corrected chi connectivity index (χ0v) is 12.8. The van der Waals surface area contributed by atoms with Crippen LogP contribution in [0.1, 0.15) is 25.8 Å². The second-order valence-corrected chi connectivity index (χ2v) is 4.82. The molecule has 0 heterocycles. The lowest BCUT2D eigenvalue weighted by molar-refractivity contribution is -0.141. The maximum atomic E-state index is 14.1. The van der Waals surface area contributed by atoms with Crippen molar-refractivity contribution in [1.82, 2.24) is 0 Å². The molecule has 116 valence electrons. The van der Waals surface area contributed by atoms with Crippen molar-refractivity contribution in [3.8, 4) is 0 Å². The van der Waals surface area contributed by atoms with Gasteiger partial charge in [0.1, 0.15) is 28.9 Å². The van der Waals surface area contributed by atoms with Crippen molar-refractivity contribution in [3.63, 3.8) is 0 Å². The molecule has 0 aliphatic rings. The minimum atomic E-state index is -0.810. The Hall–Kier alpha value is -1.76. The summed E-state index contributed by atoms with van der Waals surface area (Å²) in [6.07, 6.45) is 0.620. The zero-order valence-electron chi connectivity index (χ0n) is 12.0. The van der Waals surface area contributed by atoms with E-state index in [1.54, 1.807) is 6.92 Å². The first-order chi connectivity index (χ1) is 9.90. The molecule has 0 aliphatic heterocycles. The highest BCUT2D eigenvalue weighted by molar-refractivity contribution is 7.80. The van der Waals surface area contributed by atoms with Crippen LogP contribution in [0.5, 0.6) is 0 Å². The fourth-order valence-electron chi connectivity index (χ4n) is 1.91. The van der Waals surface area contributed by atoms with Gasteiger partial charge in [0.05, 0.1) is 6.61 Å². The van der Waals surface area contributed by atoms with E-state index in [-0.39, 0.29) is 29.4 Å². The summed E-state index contributed by atoms with van der Waals surface area (Å²) in [7, 11) is 0. The second kappa shape index (κ2) is 7.87. The first-order valence-corrected chi connectivity index (χ1v) is 7.00. The van der Waals surface area contributed by atoms with Crippen LogP contribution in [-0.2, 0) is 9.53 Å². The maximum Gasteiger partial charge on any atom is 0.325 e. The van der Waals surface area contributed by atoms with Crippen molar-refractivity contribution in [2.45, 2.75) is 20.3 Å². The van der Waals surface area contributed by atoms with Gasteiger partial charge in [0, 0.05) is 12.1 Å². The van der Waals surface area contributed by atoms with Gasteiger partial charge < -0.3 is 15.4 Å². The van der Waals surface area contributed by atoms with E-state index in [1.165, 1.54) is 4.90 Å². The number of benzene rings is 1. The average molecular weight is 316 g/mol. The van der Waals surface area contributed by atoms with Gasteiger partial charge in [-0.15, -0.1) is 0 Å². The minimum Gasteiger partial charge on any atom is -0.465 e. The molecule has 0 unspecified atom stereocenters. The molecule has 0 aromatic heterocycles. The average Bonchev–Trinajstić information content (AvgIpc) is 2.38. The highest BCUT2D eigenvalue weighted by Gasteiger charge is 2.21. The Morgan fingerprint density at radius 1 is 1.33 bits per heavy atom. The van der Waals surface area contributed by atoms with Crippen molar-refractivity contribution in [3.05, 3.63) is 29.3 Å². The van der Waals surface area contributed by atoms with Crippen LogP contribution in [0.4, 0.5) is 14.5 Å². The largest absolute Gasteiger partial charge is 0.465 e. The molecule has 21 heavy (non-hydrogen) atoms. The topological polar surface area (TPSA) is 55.6 Å². The molecule has 1 rings (SSSR count). The van der Waals surface area contributed by atoms with Gasteiger partial charge in [-0.25, -0.2) is 8.78 Å². The molecular formula is C14H18F2N2O2S. The Labute approximate surface area is 127 Å². The van der Waals surface area contributed by atoms with Crippen molar-refractivity contribution < 1.29 is 18.3 Å². The van der Waals surface area contributed by atoms with E-state index in [2.05, 4.69) is 0 Å². The Morgan fingerprint density at radius 3 is 2.33 bits per heavy atom. The number of thiocarbonyl (C=S) groups is 1. The highest BCUT2D eigenvalue weighted by Crippen LogP contribution is 2.25. The van der Waals surface area contributed by atoms with Gasteiger partial charge >= 0.3 is 5.97 Å². The molecule has 0 amide bonds. The zero-order chi connectivity index (χ0) is 16.0. The second-order valence-electron chi connectivity index (χ2n) is 4.38. The van der Waals surface area contributed by atoms with Crippen LogP contribution < -0.4 is 10.6 Å². The lowest BCUT2D eigenvalue weighted by Gasteiger charge is -2.24. The van der Waals surface area contributed by atoms with Crippen molar-refractivity contribution in [2.75, 3.05) is 24.6 Å². The smallest absolute Gasteiger partial charge is 0.325 e. The Bertz CT molecular complexity index is 515. The third-order valence-corrected chi connectivity index (χ3v) is 2.97. The lowest BCUT2D eigenvalue weighted by Crippen LogP contribution is -2.33. The summed E-state index contributed by atoms with van der Waals surface area (Å²) in [4.78, 5) is 12.8. The summed E-state index contributed by atoms with van der Waals surface area (Å²) >= 11 is 4.70. The maximum absolute atomic E-state index is 14.1. The standard InChI is InChI=1S/C14H18F2N2O2S/c1-3-5-18(8-12(19)20-4-2)13-10(15)6-9(14(17)21)7-11(13)16/h6-7H,3-5,8H2,1-2H3,(H2,17,21). The number of carbonyl (C=O) groups is 1. The van der Waals surface area contributed by atoms with Gasteiger partial charge in [-0.2, -0.15) is 0 Å². The number of halogens is 2. The molecule has 0 radical (unpaired) electrons. The van der Waals surface area contributed by atoms with Crippen LogP contribution in [0.2, 0.25) is 0 Å². The third-order valence-electron chi connectivity index (χ3n) is 2.74. The van der Waals surface area contributed by atoms with Gasteiger partial charge in [0.25, 0.3) is 0 Å². The Morgan fingerprint density at radius 2 is 1.90 bits per heavy atom. The summed E-state index contributed by atoms with van der Waals surface area (Å²) in [6.45, 7) is 3.82. The third kappa shape index (κ3) is 4.63. The number of ether oxygens (including phenoxy) is 1. The monoisotopic (exact) mass is 316 g/mol.